The number of nitrogens with one attached hydrogen (secondary N) is 2. The first-order valence-corrected chi connectivity index (χ1v) is 7.24. The number of aliphatic hydroxyl groups is 1. The molecule has 0 aromatic carbocycles. The summed E-state index contributed by atoms with van der Waals surface area (Å²) in [5, 5.41) is 15.5. The Balaban J connectivity index is 1.91. The number of aromatic nitrogens is 2. The van der Waals surface area contributed by atoms with Crippen molar-refractivity contribution in [3.63, 3.8) is 0 Å². The van der Waals surface area contributed by atoms with Gasteiger partial charge in [-0.05, 0) is 32.1 Å². The van der Waals surface area contributed by atoms with Crippen LogP contribution in [0.3, 0.4) is 0 Å². The zero-order chi connectivity index (χ0) is 14.4. The molecule has 1 amide bonds. The lowest BCUT2D eigenvalue weighted by Gasteiger charge is -2.25. The van der Waals surface area contributed by atoms with Crippen LogP contribution in [0.2, 0.25) is 0 Å². The standard InChI is InChI=1S/C14H22N4O2/c1-2-7-16-13-9-15-8-12(18-13)14(20)17-10-3-5-11(19)6-4-10/h8-11,19H,2-7H2,1H3,(H,16,18)(H,17,20). The van der Waals surface area contributed by atoms with Gasteiger partial charge in [0.1, 0.15) is 11.5 Å². The molecule has 0 unspecified atom stereocenters. The third-order valence-corrected chi connectivity index (χ3v) is 3.46. The number of amides is 1. The van der Waals surface area contributed by atoms with Crippen molar-refractivity contribution in [2.45, 2.75) is 51.2 Å². The SMILES string of the molecule is CCCNc1cncc(C(=O)NC2CCC(O)CC2)n1. The van der Waals surface area contributed by atoms with E-state index in [1.165, 1.54) is 6.20 Å². The zero-order valence-corrected chi connectivity index (χ0v) is 11.8. The molecule has 1 aromatic heterocycles. The van der Waals surface area contributed by atoms with Gasteiger partial charge in [-0.15, -0.1) is 0 Å². The molecule has 110 valence electrons. The monoisotopic (exact) mass is 278 g/mol. The molecule has 0 spiro atoms. The minimum atomic E-state index is -0.218. The van der Waals surface area contributed by atoms with Crippen molar-refractivity contribution in [3.05, 3.63) is 18.1 Å². The molecule has 0 aliphatic heterocycles. The minimum Gasteiger partial charge on any atom is -0.393 e. The summed E-state index contributed by atoms with van der Waals surface area (Å²) in [5.41, 5.74) is 0.331. The van der Waals surface area contributed by atoms with Crippen LogP contribution in [0.5, 0.6) is 0 Å². The van der Waals surface area contributed by atoms with Crippen LogP contribution in [0.1, 0.15) is 49.5 Å². The highest BCUT2D eigenvalue weighted by Crippen LogP contribution is 2.18. The fourth-order valence-corrected chi connectivity index (χ4v) is 2.29. The molecule has 1 aliphatic rings. The predicted octanol–water partition coefficient (Wildman–Crippen LogP) is 1.33. The average Bonchev–Trinajstić information content (AvgIpc) is 2.48. The lowest BCUT2D eigenvalue weighted by Crippen LogP contribution is -2.39. The van der Waals surface area contributed by atoms with Crippen LogP contribution in [-0.2, 0) is 0 Å². The summed E-state index contributed by atoms with van der Waals surface area (Å²) >= 11 is 0. The van der Waals surface area contributed by atoms with Gasteiger partial charge in [-0.3, -0.25) is 9.78 Å². The number of rotatable bonds is 5. The number of hydrogen-bond donors (Lipinski definition) is 3. The van der Waals surface area contributed by atoms with Crippen molar-refractivity contribution < 1.29 is 9.90 Å². The second-order valence-electron chi connectivity index (χ2n) is 5.20. The van der Waals surface area contributed by atoms with Gasteiger partial charge < -0.3 is 15.7 Å². The molecule has 0 saturated heterocycles. The van der Waals surface area contributed by atoms with E-state index in [9.17, 15) is 9.90 Å². The van der Waals surface area contributed by atoms with Gasteiger partial charge in [0, 0.05) is 12.6 Å². The highest BCUT2D eigenvalue weighted by Gasteiger charge is 2.21. The number of anilines is 1. The number of carbonyl (C=O) groups is 1. The van der Waals surface area contributed by atoms with Gasteiger partial charge in [-0.1, -0.05) is 6.92 Å². The van der Waals surface area contributed by atoms with Crippen LogP contribution in [0.25, 0.3) is 0 Å². The van der Waals surface area contributed by atoms with Crippen LogP contribution >= 0.6 is 0 Å². The number of hydrogen-bond acceptors (Lipinski definition) is 5. The van der Waals surface area contributed by atoms with E-state index < -0.39 is 0 Å². The van der Waals surface area contributed by atoms with Crippen molar-refractivity contribution in [3.8, 4) is 0 Å². The van der Waals surface area contributed by atoms with Crippen LogP contribution in [0, 0.1) is 0 Å². The molecule has 1 aromatic rings. The van der Waals surface area contributed by atoms with Gasteiger partial charge in [-0.2, -0.15) is 0 Å². The van der Waals surface area contributed by atoms with Gasteiger partial charge in [-0.25, -0.2) is 4.98 Å². The lowest BCUT2D eigenvalue weighted by molar-refractivity contribution is 0.0863. The Morgan fingerprint density at radius 3 is 2.80 bits per heavy atom. The quantitative estimate of drug-likeness (QED) is 0.756. The maximum atomic E-state index is 12.1. The Morgan fingerprint density at radius 1 is 1.35 bits per heavy atom. The average molecular weight is 278 g/mol. The fourth-order valence-electron chi connectivity index (χ4n) is 2.29. The Morgan fingerprint density at radius 2 is 2.10 bits per heavy atom. The second kappa shape index (κ2) is 7.19. The molecular formula is C14H22N4O2. The molecule has 1 heterocycles. The first-order chi connectivity index (χ1) is 9.69. The molecule has 0 radical (unpaired) electrons. The molecule has 6 nitrogen and oxygen atoms in total. The van der Waals surface area contributed by atoms with Gasteiger partial charge in [0.25, 0.3) is 5.91 Å². The van der Waals surface area contributed by atoms with Crippen molar-refractivity contribution in [1.29, 1.82) is 0 Å². The summed E-state index contributed by atoms with van der Waals surface area (Å²) in [4.78, 5) is 20.4. The lowest BCUT2D eigenvalue weighted by atomic mass is 9.93. The van der Waals surface area contributed by atoms with Crippen LogP contribution in [-0.4, -0.2) is 39.7 Å². The smallest absolute Gasteiger partial charge is 0.271 e. The molecule has 6 heteroatoms. The van der Waals surface area contributed by atoms with Crippen LogP contribution < -0.4 is 10.6 Å². The van der Waals surface area contributed by atoms with Crippen LogP contribution in [0.4, 0.5) is 5.82 Å². The summed E-state index contributed by atoms with van der Waals surface area (Å²) in [6, 6.07) is 0.125. The molecular weight excluding hydrogens is 256 g/mol. The van der Waals surface area contributed by atoms with Crippen molar-refractivity contribution in [1.82, 2.24) is 15.3 Å². The van der Waals surface area contributed by atoms with Crippen molar-refractivity contribution in [2.75, 3.05) is 11.9 Å². The Labute approximate surface area is 119 Å². The molecule has 0 bridgehead atoms. The summed E-state index contributed by atoms with van der Waals surface area (Å²) in [6.45, 7) is 2.87. The predicted molar refractivity (Wildman–Crippen MR) is 76.5 cm³/mol. The molecule has 3 N–H and O–H groups in total. The second-order valence-corrected chi connectivity index (χ2v) is 5.20. The number of aliphatic hydroxyl groups excluding tert-OH is 1. The van der Waals surface area contributed by atoms with Crippen LogP contribution in [0.15, 0.2) is 12.4 Å². The highest BCUT2D eigenvalue weighted by atomic mass is 16.3. The van der Waals surface area contributed by atoms with E-state index in [4.69, 9.17) is 0 Å². The van der Waals surface area contributed by atoms with Gasteiger partial charge >= 0.3 is 0 Å². The third kappa shape index (κ3) is 4.16. The molecule has 1 saturated carbocycles. The van der Waals surface area contributed by atoms with E-state index >= 15 is 0 Å². The van der Waals surface area contributed by atoms with Gasteiger partial charge in [0.05, 0.1) is 18.5 Å². The number of nitrogens with zero attached hydrogens (tertiary/aromatic N) is 2. The zero-order valence-electron chi connectivity index (χ0n) is 11.8. The summed E-state index contributed by atoms with van der Waals surface area (Å²) in [5.74, 6) is 0.428. The fraction of sp³-hybridized carbons (Fsp3) is 0.643. The maximum absolute atomic E-state index is 12.1. The maximum Gasteiger partial charge on any atom is 0.271 e. The highest BCUT2D eigenvalue weighted by molar-refractivity contribution is 5.92. The van der Waals surface area contributed by atoms with E-state index in [0.29, 0.717) is 11.5 Å². The van der Waals surface area contributed by atoms with E-state index in [-0.39, 0.29) is 18.1 Å². The van der Waals surface area contributed by atoms with E-state index in [0.717, 1.165) is 38.6 Å². The van der Waals surface area contributed by atoms with E-state index in [1.54, 1.807) is 6.20 Å². The number of carbonyl (C=O) groups excluding carboxylic acids is 1. The van der Waals surface area contributed by atoms with Crippen molar-refractivity contribution >= 4 is 11.7 Å². The summed E-state index contributed by atoms with van der Waals surface area (Å²) in [7, 11) is 0. The Bertz CT molecular complexity index is 445. The molecule has 0 atom stereocenters. The summed E-state index contributed by atoms with van der Waals surface area (Å²) < 4.78 is 0. The normalized spacial score (nSPS) is 22.3. The molecule has 20 heavy (non-hydrogen) atoms. The Kier molecular flexibility index (Phi) is 5.29. The van der Waals surface area contributed by atoms with Crippen molar-refractivity contribution in [2.24, 2.45) is 0 Å². The minimum absolute atomic E-state index is 0.125. The largest absolute Gasteiger partial charge is 0.393 e. The first kappa shape index (κ1) is 14.7. The molecule has 2 rings (SSSR count). The van der Waals surface area contributed by atoms with Gasteiger partial charge in [0.15, 0.2) is 0 Å². The Hall–Kier alpha value is -1.69. The first-order valence-electron chi connectivity index (χ1n) is 7.24. The third-order valence-electron chi connectivity index (χ3n) is 3.46. The topological polar surface area (TPSA) is 87.1 Å². The van der Waals surface area contributed by atoms with Gasteiger partial charge in [0.2, 0.25) is 0 Å². The van der Waals surface area contributed by atoms with E-state index in [2.05, 4.69) is 27.5 Å². The van der Waals surface area contributed by atoms with E-state index in [1.807, 2.05) is 0 Å². The molecule has 1 fully saturated rings. The molecule has 1 aliphatic carbocycles. The summed E-state index contributed by atoms with van der Waals surface area (Å²) in [6.07, 6.45) is 6.98.